The lowest BCUT2D eigenvalue weighted by Gasteiger charge is -2.01. The summed E-state index contributed by atoms with van der Waals surface area (Å²) < 4.78 is 0. The summed E-state index contributed by atoms with van der Waals surface area (Å²) in [5.74, 6) is -1.48. The van der Waals surface area contributed by atoms with E-state index in [1.807, 2.05) is 0 Å². The zero-order valence-electron chi connectivity index (χ0n) is 8.21. The van der Waals surface area contributed by atoms with Crippen molar-refractivity contribution in [2.24, 2.45) is 0 Å². The highest BCUT2D eigenvalue weighted by Crippen LogP contribution is 2.09. The molecule has 0 unspecified atom stereocenters. The quantitative estimate of drug-likeness (QED) is 0.586. The van der Waals surface area contributed by atoms with Crippen LogP contribution in [0.15, 0.2) is 36.4 Å². The number of aldehydes is 1. The molecule has 1 amide bonds. The van der Waals surface area contributed by atoms with E-state index in [0.717, 1.165) is 12.2 Å². The molecule has 0 bridgehead atoms. The first-order valence-corrected chi connectivity index (χ1v) is 4.39. The van der Waals surface area contributed by atoms with Crippen LogP contribution in [0.1, 0.15) is 10.4 Å². The number of carbonyl (C=O) groups is 3. The number of aromatic carboxylic acids is 1. The molecule has 16 heavy (non-hydrogen) atoms. The van der Waals surface area contributed by atoms with Gasteiger partial charge in [-0.25, -0.2) is 4.79 Å². The Morgan fingerprint density at radius 3 is 2.31 bits per heavy atom. The van der Waals surface area contributed by atoms with Crippen LogP contribution >= 0.6 is 0 Å². The van der Waals surface area contributed by atoms with E-state index < -0.39 is 11.9 Å². The zero-order valence-corrected chi connectivity index (χ0v) is 8.21. The van der Waals surface area contributed by atoms with Gasteiger partial charge in [-0.05, 0) is 30.3 Å². The summed E-state index contributed by atoms with van der Waals surface area (Å²) in [5.41, 5.74) is 0.604. The number of carboxylic acids is 1. The third-order valence-corrected chi connectivity index (χ3v) is 1.73. The van der Waals surface area contributed by atoms with Gasteiger partial charge < -0.3 is 10.4 Å². The first-order chi connectivity index (χ1) is 7.63. The predicted molar refractivity (Wildman–Crippen MR) is 57.2 cm³/mol. The van der Waals surface area contributed by atoms with E-state index in [1.165, 1.54) is 24.3 Å². The lowest BCUT2D eigenvalue weighted by molar-refractivity contribution is -0.112. The Morgan fingerprint density at radius 2 is 1.81 bits per heavy atom. The highest BCUT2D eigenvalue weighted by molar-refractivity contribution is 6.01. The van der Waals surface area contributed by atoms with Crippen molar-refractivity contribution in [1.82, 2.24) is 0 Å². The third kappa shape index (κ3) is 3.38. The average Bonchev–Trinajstić information content (AvgIpc) is 2.27. The molecule has 5 nitrogen and oxygen atoms in total. The molecular weight excluding hydrogens is 210 g/mol. The molecule has 0 aliphatic carbocycles. The first-order valence-electron chi connectivity index (χ1n) is 4.39. The maximum atomic E-state index is 11.1. The van der Waals surface area contributed by atoms with Crippen molar-refractivity contribution < 1.29 is 19.5 Å². The summed E-state index contributed by atoms with van der Waals surface area (Å²) in [6.07, 6.45) is 2.65. The van der Waals surface area contributed by atoms with Crippen LogP contribution in [0.5, 0.6) is 0 Å². The Morgan fingerprint density at radius 1 is 1.19 bits per heavy atom. The van der Waals surface area contributed by atoms with Crippen molar-refractivity contribution in [3.63, 3.8) is 0 Å². The highest BCUT2D eigenvalue weighted by atomic mass is 16.4. The molecule has 2 N–H and O–H groups in total. The Hall–Kier alpha value is -2.43. The summed E-state index contributed by atoms with van der Waals surface area (Å²) in [6, 6.07) is 5.69. The number of amides is 1. The lowest BCUT2D eigenvalue weighted by atomic mass is 10.2. The predicted octanol–water partition coefficient (Wildman–Crippen LogP) is 1.08. The molecule has 1 aromatic carbocycles. The number of hydrogen-bond acceptors (Lipinski definition) is 3. The van der Waals surface area contributed by atoms with Gasteiger partial charge in [0.2, 0.25) is 5.91 Å². The minimum Gasteiger partial charge on any atom is -0.478 e. The topological polar surface area (TPSA) is 83.5 Å². The van der Waals surface area contributed by atoms with Gasteiger partial charge >= 0.3 is 5.97 Å². The number of rotatable bonds is 4. The number of nitrogens with one attached hydrogen (secondary N) is 1. The van der Waals surface area contributed by atoms with Gasteiger partial charge in [0.1, 0.15) is 6.29 Å². The average molecular weight is 219 g/mol. The van der Waals surface area contributed by atoms with Crippen molar-refractivity contribution in [3.05, 3.63) is 42.0 Å². The van der Waals surface area contributed by atoms with E-state index in [-0.39, 0.29) is 5.56 Å². The van der Waals surface area contributed by atoms with E-state index in [9.17, 15) is 14.4 Å². The zero-order chi connectivity index (χ0) is 12.0. The number of benzene rings is 1. The van der Waals surface area contributed by atoms with Crippen LogP contribution in [-0.2, 0) is 9.59 Å². The monoisotopic (exact) mass is 219 g/mol. The second kappa shape index (κ2) is 5.45. The van der Waals surface area contributed by atoms with Gasteiger partial charge in [0.25, 0.3) is 0 Å². The van der Waals surface area contributed by atoms with Gasteiger partial charge in [-0.15, -0.1) is 0 Å². The van der Waals surface area contributed by atoms with Crippen molar-refractivity contribution in [1.29, 1.82) is 0 Å². The molecule has 0 aromatic heterocycles. The molecule has 82 valence electrons. The van der Waals surface area contributed by atoms with Gasteiger partial charge in [0.05, 0.1) is 5.56 Å². The van der Waals surface area contributed by atoms with Gasteiger partial charge in [0, 0.05) is 11.8 Å². The molecule has 5 heteroatoms. The first kappa shape index (κ1) is 11.6. The minimum atomic E-state index is -1.03. The van der Waals surface area contributed by atoms with Crippen LogP contribution in [0.25, 0.3) is 0 Å². The second-order valence-electron chi connectivity index (χ2n) is 2.87. The van der Waals surface area contributed by atoms with Gasteiger partial charge in [-0.3, -0.25) is 9.59 Å². The number of carboxylic acid groups (broad SMARTS) is 1. The largest absolute Gasteiger partial charge is 0.478 e. The Labute approximate surface area is 91.4 Å². The highest BCUT2D eigenvalue weighted by Gasteiger charge is 2.02. The Balaban J connectivity index is 2.68. The number of carbonyl (C=O) groups excluding carboxylic acids is 2. The summed E-state index contributed by atoms with van der Waals surface area (Å²) in [7, 11) is 0. The van der Waals surface area contributed by atoms with Crippen molar-refractivity contribution >= 4 is 23.9 Å². The van der Waals surface area contributed by atoms with Crippen LogP contribution in [0.4, 0.5) is 5.69 Å². The van der Waals surface area contributed by atoms with E-state index in [0.29, 0.717) is 12.0 Å². The molecule has 0 aliphatic heterocycles. The molecule has 0 spiro atoms. The third-order valence-electron chi connectivity index (χ3n) is 1.73. The van der Waals surface area contributed by atoms with Crippen LogP contribution in [0.3, 0.4) is 0 Å². The lowest BCUT2D eigenvalue weighted by Crippen LogP contribution is -2.08. The smallest absolute Gasteiger partial charge is 0.335 e. The molecule has 0 heterocycles. The fraction of sp³-hybridized carbons (Fsp3) is 0. The minimum absolute atomic E-state index is 0.140. The summed E-state index contributed by atoms with van der Waals surface area (Å²) in [6.45, 7) is 0. The van der Waals surface area contributed by atoms with Crippen LogP contribution in [0, 0.1) is 0 Å². The summed E-state index contributed by atoms with van der Waals surface area (Å²) >= 11 is 0. The van der Waals surface area contributed by atoms with Crippen molar-refractivity contribution in [2.45, 2.75) is 0 Å². The fourth-order valence-electron chi connectivity index (χ4n) is 1.01. The maximum absolute atomic E-state index is 11.1. The Kier molecular flexibility index (Phi) is 3.97. The molecule has 1 aromatic rings. The SMILES string of the molecule is O=C/C=C\C(=O)Nc1ccc(C(=O)O)cc1. The number of anilines is 1. The number of hydrogen-bond donors (Lipinski definition) is 2. The molecule has 0 radical (unpaired) electrons. The molecule has 0 saturated carbocycles. The molecule has 0 aliphatic rings. The normalized spacial score (nSPS) is 10.0. The second-order valence-corrected chi connectivity index (χ2v) is 2.87. The maximum Gasteiger partial charge on any atom is 0.335 e. The summed E-state index contributed by atoms with van der Waals surface area (Å²) in [4.78, 5) is 31.6. The van der Waals surface area contributed by atoms with E-state index in [2.05, 4.69) is 5.32 Å². The molecule has 0 fully saturated rings. The van der Waals surface area contributed by atoms with E-state index >= 15 is 0 Å². The van der Waals surface area contributed by atoms with Gasteiger partial charge in [-0.2, -0.15) is 0 Å². The molecule has 0 saturated heterocycles. The number of allylic oxidation sites excluding steroid dienone is 1. The Bertz CT molecular complexity index is 434. The van der Waals surface area contributed by atoms with Crippen LogP contribution in [0.2, 0.25) is 0 Å². The summed E-state index contributed by atoms with van der Waals surface area (Å²) in [5, 5.41) is 11.1. The van der Waals surface area contributed by atoms with E-state index in [1.54, 1.807) is 0 Å². The van der Waals surface area contributed by atoms with Gasteiger partial charge in [0.15, 0.2) is 0 Å². The van der Waals surface area contributed by atoms with Crippen molar-refractivity contribution in [3.8, 4) is 0 Å². The molecule has 0 atom stereocenters. The van der Waals surface area contributed by atoms with Crippen LogP contribution in [-0.4, -0.2) is 23.3 Å². The standard InChI is InChI=1S/C11H9NO4/c13-7-1-2-10(14)12-9-5-3-8(4-6-9)11(15)16/h1-7H,(H,12,14)(H,15,16)/b2-1-. The van der Waals surface area contributed by atoms with Crippen LogP contribution < -0.4 is 5.32 Å². The molecular formula is C11H9NO4. The molecule has 1 rings (SSSR count). The fourth-order valence-corrected chi connectivity index (χ4v) is 1.01. The van der Waals surface area contributed by atoms with Gasteiger partial charge in [-0.1, -0.05) is 0 Å². The van der Waals surface area contributed by atoms with E-state index in [4.69, 9.17) is 5.11 Å². The van der Waals surface area contributed by atoms with Crippen molar-refractivity contribution in [2.75, 3.05) is 5.32 Å².